The molecule has 2 heterocycles. The van der Waals surface area contributed by atoms with Crippen LogP contribution in [-0.4, -0.2) is 15.0 Å². The number of aromatic amines is 1. The van der Waals surface area contributed by atoms with Gasteiger partial charge in [-0.3, -0.25) is 4.79 Å². The van der Waals surface area contributed by atoms with Gasteiger partial charge in [0.2, 0.25) is 0 Å². The number of thiazole rings is 1. The fourth-order valence-corrected chi connectivity index (χ4v) is 2.86. The van der Waals surface area contributed by atoms with Crippen molar-refractivity contribution in [3.63, 3.8) is 0 Å². The number of nitrogens with one attached hydrogen (secondary N) is 1. The average Bonchev–Trinajstić information content (AvgIpc) is 2.73. The Bertz CT molecular complexity index is 765. The topological polar surface area (TPSA) is 58.6 Å². The molecule has 90 valence electrons. The van der Waals surface area contributed by atoms with Crippen molar-refractivity contribution < 1.29 is 0 Å². The molecule has 1 N–H and O–H groups in total. The Balaban J connectivity index is 2.01. The summed E-state index contributed by atoms with van der Waals surface area (Å²) < 4.78 is 0. The molecule has 0 atom stereocenters. The van der Waals surface area contributed by atoms with Crippen molar-refractivity contribution in [3.05, 3.63) is 56.5 Å². The predicted octanol–water partition coefficient (Wildman–Crippen LogP) is 2.62. The van der Waals surface area contributed by atoms with Crippen LogP contribution in [0, 0.1) is 0 Å². The summed E-state index contributed by atoms with van der Waals surface area (Å²) in [6.07, 6.45) is 2.05. The zero-order valence-electron chi connectivity index (χ0n) is 9.18. The highest BCUT2D eigenvalue weighted by atomic mass is 35.5. The lowest BCUT2D eigenvalue weighted by Crippen LogP contribution is -2.05. The van der Waals surface area contributed by atoms with Crippen molar-refractivity contribution in [1.29, 1.82) is 0 Å². The van der Waals surface area contributed by atoms with E-state index in [0.717, 1.165) is 10.6 Å². The molecular formula is C12H8ClN3OS. The van der Waals surface area contributed by atoms with Gasteiger partial charge in [-0.1, -0.05) is 35.1 Å². The van der Waals surface area contributed by atoms with Crippen molar-refractivity contribution in [2.75, 3.05) is 0 Å². The number of hydrogen-bond acceptors (Lipinski definition) is 4. The Morgan fingerprint density at radius 2 is 2.28 bits per heavy atom. The molecule has 0 saturated heterocycles. The second kappa shape index (κ2) is 4.51. The van der Waals surface area contributed by atoms with Crippen molar-refractivity contribution in [2.45, 2.75) is 6.42 Å². The van der Waals surface area contributed by atoms with Gasteiger partial charge in [-0.2, -0.15) is 0 Å². The van der Waals surface area contributed by atoms with Crippen LogP contribution in [0.25, 0.3) is 10.3 Å². The maximum atomic E-state index is 11.5. The molecule has 0 aliphatic heterocycles. The van der Waals surface area contributed by atoms with Gasteiger partial charge in [-0.05, 0) is 17.7 Å². The summed E-state index contributed by atoms with van der Waals surface area (Å²) >= 11 is 7.36. The molecule has 0 radical (unpaired) electrons. The molecule has 0 amide bonds. The van der Waals surface area contributed by atoms with E-state index in [1.165, 1.54) is 17.7 Å². The lowest BCUT2D eigenvalue weighted by atomic mass is 10.2. The number of nitrogens with zero attached hydrogens (tertiary/aromatic N) is 2. The van der Waals surface area contributed by atoms with Gasteiger partial charge in [0.1, 0.15) is 5.01 Å². The third-order valence-corrected chi connectivity index (χ3v) is 3.69. The zero-order valence-corrected chi connectivity index (χ0v) is 10.8. The summed E-state index contributed by atoms with van der Waals surface area (Å²) in [7, 11) is 0. The second-order valence-corrected chi connectivity index (χ2v) is 5.30. The highest BCUT2D eigenvalue weighted by Gasteiger charge is 2.08. The third kappa shape index (κ3) is 2.14. The normalized spacial score (nSPS) is 10.9. The van der Waals surface area contributed by atoms with Crippen molar-refractivity contribution >= 4 is 33.3 Å². The number of benzene rings is 1. The van der Waals surface area contributed by atoms with Crippen molar-refractivity contribution in [3.8, 4) is 0 Å². The van der Waals surface area contributed by atoms with E-state index < -0.39 is 0 Å². The fourth-order valence-electron chi connectivity index (χ4n) is 1.71. The molecule has 0 unspecified atom stereocenters. The predicted molar refractivity (Wildman–Crippen MR) is 72.3 cm³/mol. The van der Waals surface area contributed by atoms with Gasteiger partial charge >= 0.3 is 0 Å². The van der Waals surface area contributed by atoms with Crippen LogP contribution in [0.3, 0.4) is 0 Å². The second-order valence-electron chi connectivity index (χ2n) is 3.80. The minimum Gasteiger partial charge on any atom is -0.311 e. The minimum absolute atomic E-state index is 0.200. The number of rotatable bonds is 2. The molecule has 3 aromatic rings. The Morgan fingerprint density at radius 1 is 1.39 bits per heavy atom. The Morgan fingerprint density at radius 3 is 3.06 bits per heavy atom. The number of fused-ring (bicyclic) bond motifs is 1. The standard InChI is InChI=1S/C12H8ClN3OS/c13-8-3-1-2-7(4-8)5-9-16-10-11(17)14-6-15-12(10)18-9/h1-4,6H,5H2,(H,14,15,17). The molecule has 0 spiro atoms. The maximum Gasteiger partial charge on any atom is 0.278 e. The minimum atomic E-state index is -0.200. The monoisotopic (exact) mass is 277 g/mol. The van der Waals surface area contributed by atoms with Crippen LogP contribution in [0.15, 0.2) is 35.4 Å². The molecule has 0 bridgehead atoms. The van der Waals surface area contributed by atoms with Crippen LogP contribution in [0.5, 0.6) is 0 Å². The lowest BCUT2D eigenvalue weighted by Gasteiger charge is -1.97. The number of H-pyrrole nitrogens is 1. The highest BCUT2D eigenvalue weighted by molar-refractivity contribution is 7.18. The SMILES string of the molecule is O=c1[nH]cnc2sc(Cc3cccc(Cl)c3)nc12. The van der Waals surface area contributed by atoms with E-state index in [1.54, 1.807) is 0 Å². The molecule has 0 saturated carbocycles. The smallest absolute Gasteiger partial charge is 0.278 e. The molecule has 3 rings (SSSR count). The molecule has 2 aromatic heterocycles. The molecule has 4 nitrogen and oxygen atoms in total. The van der Waals surface area contributed by atoms with Gasteiger partial charge < -0.3 is 4.98 Å². The summed E-state index contributed by atoms with van der Waals surface area (Å²) in [6, 6.07) is 7.60. The first-order chi connectivity index (χ1) is 8.72. The van der Waals surface area contributed by atoms with Gasteiger partial charge in [-0.25, -0.2) is 9.97 Å². The van der Waals surface area contributed by atoms with Crippen molar-refractivity contribution in [1.82, 2.24) is 15.0 Å². The molecule has 0 aliphatic rings. The first-order valence-corrected chi connectivity index (χ1v) is 6.49. The number of halogens is 1. The van der Waals surface area contributed by atoms with Crippen molar-refractivity contribution in [2.24, 2.45) is 0 Å². The lowest BCUT2D eigenvalue weighted by molar-refractivity contribution is 1.13. The number of hydrogen-bond donors (Lipinski definition) is 1. The summed E-state index contributed by atoms with van der Waals surface area (Å²) in [4.78, 5) is 23.1. The third-order valence-electron chi connectivity index (χ3n) is 2.49. The first-order valence-electron chi connectivity index (χ1n) is 5.30. The van der Waals surface area contributed by atoms with Crippen LogP contribution >= 0.6 is 22.9 Å². The first kappa shape index (κ1) is 11.4. The average molecular weight is 278 g/mol. The Hall–Kier alpha value is -1.72. The van der Waals surface area contributed by atoms with E-state index in [1.807, 2.05) is 24.3 Å². The summed E-state index contributed by atoms with van der Waals surface area (Å²) in [5.74, 6) is 0. The van der Waals surface area contributed by atoms with Gasteiger partial charge in [0.15, 0.2) is 10.3 Å². The highest BCUT2D eigenvalue weighted by Crippen LogP contribution is 2.20. The molecule has 18 heavy (non-hydrogen) atoms. The molecule has 0 fully saturated rings. The maximum absolute atomic E-state index is 11.5. The van der Waals surface area contributed by atoms with Gasteiger partial charge in [0.05, 0.1) is 6.33 Å². The van der Waals surface area contributed by atoms with Gasteiger partial charge in [0.25, 0.3) is 5.56 Å². The fraction of sp³-hybridized carbons (Fsp3) is 0.0833. The quantitative estimate of drug-likeness (QED) is 0.783. The van der Waals surface area contributed by atoms with Gasteiger partial charge in [-0.15, -0.1) is 0 Å². The van der Waals surface area contributed by atoms with Crippen LogP contribution < -0.4 is 5.56 Å². The summed E-state index contributed by atoms with van der Waals surface area (Å²) in [5.41, 5.74) is 1.27. The van der Waals surface area contributed by atoms with E-state index in [-0.39, 0.29) is 5.56 Å². The number of aromatic nitrogens is 3. The van der Waals surface area contributed by atoms with E-state index in [2.05, 4.69) is 15.0 Å². The zero-order chi connectivity index (χ0) is 12.5. The van der Waals surface area contributed by atoms with Gasteiger partial charge in [0, 0.05) is 11.4 Å². The molecule has 0 aliphatic carbocycles. The van der Waals surface area contributed by atoms with E-state index >= 15 is 0 Å². The largest absolute Gasteiger partial charge is 0.311 e. The summed E-state index contributed by atoms with van der Waals surface area (Å²) in [6.45, 7) is 0. The molecular weight excluding hydrogens is 270 g/mol. The summed E-state index contributed by atoms with van der Waals surface area (Å²) in [5, 5.41) is 1.56. The van der Waals surface area contributed by atoms with E-state index in [0.29, 0.717) is 21.8 Å². The van der Waals surface area contributed by atoms with E-state index in [9.17, 15) is 4.79 Å². The van der Waals surface area contributed by atoms with Crippen LogP contribution in [-0.2, 0) is 6.42 Å². The molecule has 6 heteroatoms. The molecule has 1 aromatic carbocycles. The Kier molecular flexibility index (Phi) is 2.85. The van der Waals surface area contributed by atoms with Crippen LogP contribution in [0.1, 0.15) is 10.6 Å². The van der Waals surface area contributed by atoms with Crippen LogP contribution in [0.2, 0.25) is 5.02 Å². The van der Waals surface area contributed by atoms with E-state index in [4.69, 9.17) is 11.6 Å². The van der Waals surface area contributed by atoms with Crippen LogP contribution in [0.4, 0.5) is 0 Å². The Labute approximate surface area is 111 Å².